The second kappa shape index (κ2) is 11.1. The highest BCUT2D eigenvalue weighted by Gasteiger charge is 2.12. The van der Waals surface area contributed by atoms with E-state index in [-0.39, 0.29) is 0 Å². The Bertz CT molecular complexity index is 2270. The minimum Gasteiger partial charge on any atom is -0.256 e. The van der Waals surface area contributed by atoms with Gasteiger partial charge < -0.3 is 0 Å². The van der Waals surface area contributed by atoms with E-state index < -0.39 is 0 Å². The van der Waals surface area contributed by atoms with Crippen LogP contribution < -0.4 is 0 Å². The van der Waals surface area contributed by atoms with Crippen LogP contribution in [-0.4, -0.2) is 4.98 Å². The zero-order valence-corrected chi connectivity index (χ0v) is 24.2. The molecule has 0 amide bonds. The van der Waals surface area contributed by atoms with Gasteiger partial charge in [-0.15, -0.1) is 0 Å². The summed E-state index contributed by atoms with van der Waals surface area (Å²) < 4.78 is 0. The molecule has 0 saturated heterocycles. The minimum atomic E-state index is 1.01. The third kappa shape index (κ3) is 4.85. The first-order valence-corrected chi connectivity index (χ1v) is 15.0. The molecule has 0 fully saturated rings. The highest BCUT2D eigenvalue weighted by Crippen LogP contribution is 2.37. The van der Waals surface area contributed by atoms with Crippen LogP contribution in [0.3, 0.4) is 0 Å². The predicted octanol–water partition coefficient (Wildman–Crippen LogP) is 11.7. The van der Waals surface area contributed by atoms with Crippen LogP contribution in [0.4, 0.5) is 0 Å². The van der Waals surface area contributed by atoms with Crippen LogP contribution in [0.25, 0.3) is 77.3 Å². The first-order valence-electron chi connectivity index (χ1n) is 15.0. The van der Waals surface area contributed by atoms with Crippen molar-refractivity contribution in [3.63, 3.8) is 0 Å². The Labute approximate surface area is 257 Å². The highest BCUT2D eigenvalue weighted by atomic mass is 14.7. The Kier molecular flexibility index (Phi) is 6.55. The Hall–Kier alpha value is -5.79. The summed E-state index contributed by atoms with van der Waals surface area (Å²) in [6.45, 7) is 0. The van der Waals surface area contributed by atoms with Crippen molar-refractivity contribution < 1.29 is 0 Å². The van der Waals surface area contributed by atoms with E-state index in [2.05, 4.69) is 170 Å². The number of fused-ring (bicyclic) bond motifs is 2. The van der Waals surface area contributed by atoms with E-state index in [0.29, 0.717) is 0 Å². The molecule has 0 bridgehead atoms. The monoisotopic (exact) mass is 559 g/mol. The summed E-state index contributed by atoms with van der Waals surface area (Å²) >= 11 is 0. The molecule has 0 saturated carbocycles. The average Bonchev–Trinajstić information content (AvgIpc) is 3.11. The molecule has 0 aliphatic rings. The molecule has 7 aromatic carbocycles. The normalized spacial score (nSPS) is 11.2. The van der Waals surface area contributed by atoms with E-state index in [1.807, 2.05) is 6.20 Å². The lowest BCUT2D eigenvalue weighted by Gasteiger charge is -2.14. The fourth-order valence-electron chi connectivity index (χ4n) is 6.30. The quantitative estimate of drug-likeness (QED) is 0.204. The van der Waals surface area contributed by atoms with Crippen LogP contribution in [-0.2, 0) is 0 Å². The summed E-state index contributed by atoms with van der Waals surface area (Å²) in [5, 5.41) is 4.88. The number of rotatable bonds is 5. The molecule has 1 aromatic heterocycles. The maximum absolute atomic E-state index is 4.78. The van der Waals surface area contributed by atoms with Crippen LogP contribution in [0.1, 0.15) is 0 Å². The van der Waals surface area contributed by atoms with Gasteiger partial charge in [0.05, 0.1) is 5.69 Å². The molecule has 206 valence electrons. The molecule has 1 nitrogen and oxygen atoms in total. The first-order chi connectivity index (χ1) is 21.8. The molecule has 0 spiro atoms. The van der Waals surface area contributed by atoms with Crippen LogP contribution >= 0.6 is 0 Å². The van der Waals surface area contributed by atoms with Gasteiger partial charge in [0.1, 0.15) is 0 Å². The highest BCUT2D eigenvalue weighted by molar-refractivity contribution is 5.98. The summed E-state index contributed by atoms with van der Waals surface area (Å²) in [4.78, 5) is 4.78. The van der Waals surface area contributed by atoms with E-state index in [4.69, 9.17) is 4.98 Å². The number of nitrogens with zero attached hydrogens (tertiary/aromatic N) is 1. The molecular formula is C43H29N. The van der Waals surface area contributed by atoms with Crippen molar-refractivity contribution in [3.05, 3.63) is 176 Å². The summed E-state index contributed by atoms with van der Waals surface area (Å²) in [5.74, 6) is 0. The molecule has 0 aliphatic heterocycles. The van der Waals surface area contributed by atoms with Crippen molar-refractivity contribution in [2.24, 2.45) is 0 Å². The Morgan fingerprint density at radius 2 is 0.773 bits per heavy atom. The van der Waals surface area contributed by atoms with Crippen LogP contribution in [0.2, 0.25) is 0 Å². The van der Waals surface area contributed by atoms with Gasteiger partial charge in [-0.3, -0.25) is 4.98 Å². The molecule has 0 N–H and O–H groups in total. The van der Waals surface area contributed by atoms with Crippen molar-refractivity contribution >= 4 is 21.5 Å². The smallest absolute Gasteiger partial charge is 0.0780 e. The van der Waals surface area contributed by atoms with Crippen LogP contribution in [0, 0.1) is 0 Å². The van der Waals surface area contributed by atoms with Gasteiger partial charge in [-0.2, -0.15) is 0 Å². The van der Waals surface area contributed by atoms with Gasteiger partial charge in [-0.1, -0.05) is 133 Å². The average molecular weight is 560 g/mol. The summed E-state index contributed by atoms with van der Waals surface area (Å²) in [5.41, 5.74) is 11.8. The number of aromatic nitrogens is 1. The Balaban J connectivity index is 1.26. The topological polar surface area (TPSA) is 12.9 Å². The predicted molar refractivity (Wildman–Crippen MR) is 186 cm³/mol. The van der Waals surface area contributed by atoms with Crippen molar-refractivity contribution in [1.82, 2.24) is 4.98 Å². The van der Waals surface area contributed by atoms with Gasteiger partial charge >= 0.3 is 0 Å². The third-order valence-electron chi connectivity index (χ3n) is 8.48. The molecular weight excluding hydrogens is 530 g/mol. The minimum absolute atomic E-state index is 1.01. The van der Waals surface area contributed by atoms with Crippen molar-refractivity contribution in [2.75, 3.05) is 0 Å². The van der Waals surface area contributed by atoms with E-state index in [1.165, 1.54) is 66.1 Å². The Morgan fingerprint density at radius 3 is 1.55 bits per heavy atom. The lowest BCUT2D eigenvalue weighted by atomic mass is 9.90. The molecule has 8 rings (SSSR count). The second-order valence-corrected chi connectivity index (χ2v) is 11.2. The molecule has 1 heterocycles. The second-order valence-electron chi connectivity index (χ2n) is 11.2. The molecule has 0 atom stereocenters. The van der Waals surface area contributed by atoms with Gasteiger partial charge in [-0.25, -0.2) is 0 Å². The summed E-state index contributed by atoms with van der Waals surface area (Å²) in [7, 11) is 0. The molecule has 44 heavy (non-hydrogen) atoms. The van der Waals surface area contributed by atoms with Gasteiger partial charge in [0.2, 0.25) is 0 Å². The summed E-state index contributed by atoms with van der Waals surface area (Å²) in [6.07, 6.45) is 1.90. The van der Waals surface area contributed by atoms with Crippen LogP contribution in [0.15, 0.2) is 176 Å². The van der Waals surface area contributed by atoms with Crippen molar-refractivity contribution in [2.45, 2.75) is 0 Å². The number of hydrogen-bond acceptors (Lipinski definition) is 1. The van der Waals surface area contributed by atoms with E-state index in [0.717, 1.165) is 11.3 Å². The van der Waals surface area contributed by atoms with Crippen molar-refractivity contribution in [1.29, 1.82) is 0 Å². The zero-order valence-electron chi connectivity index (χ0n) is 24.2. The van der Waals surface area contributed by atoms with Gasteiger partial charge in [0.15, 0.2) is 0 Å². The Morgan fingerprint density at radius 1 is 0.295 bits per heavy atom. The van der Waals surface area contributed by atoms with Gasteiger partial charge in [0, 0.05) is 17.1 Å². The number of benzene rings is 7. The van der Waals surface area contributed by atoms with Crippen molar-refractivity contribution in [3.8, 4) is 55.8 Å². The summed E-state index contributed by atoms with van der Waals surface area (Å²) in [6, 6.07) is 61.0. The van der Waals surface area contributed by atoms with E-state index in [1.54, 1.807) is 0 Å². The SMILES string of the molecule is c1ccc(-c2cc(-c3cccc(-c4cccc(-c5nccc6ccccc56)c4)c3)cc(-c3cccc4ccccc34)c2)cc1. The van der Waals surface area contributed by atoms with Gasteiger partial charge in [-0.05, 0) is 97.1 Å². The maximum atomic E-state index is 4.78. The van der Waals surface area contributed by atoms with Crippen LogP contribution in [0.5, 0.6) is 0 Å². The molecule has 0 radical (unpaired) electrons. The third-order valence-corrected chi connectivity index (χ3v) is 8.48. The molecule has 8 aromatic rings. The molecule has 0 aliphatic carbocycles. The number of pyridine rings is 1. The van der Waals surface area contributed by atoms with Gasteiger partial charge in [0.25, 0.3) is 0 Å². The largest absolute Gasteiger partial charge is 0.256 e. The lowest BCUT2D eigenvalue weighted by Crippen LogP contribution is -1.89. The van der Waals surface area contributed by atoms with E-state index in [9.17, 15) is 0 Å². The number of hydrogen-bond donors (Lipinski definition) is 0. The fourth-order valence-corrected chi connectivity index (χ4v) is 6.30. The standard InChI is InChI=1S/C43H29N/c1-2-11-30(12-3-1)37-27-38(29-39(28-37)41-22-10-15-31-13-4-6-20-40(31)41)35-18-8-16-33(25-35)34-17-9-19-36(26-34)43-42-21-7-5-14-32(42)23-24-44-43/h1-29H. The zero-order chi connectivity index (χ0) is 29.3. The lowest BCUT2D eigenvalue weighted by molar-refractivity contribution is 1.36. The fraction of sp³-hybridized carbons (Fsp3) is 0. The van der Waals surface area contributed by atoms with E-state index >= 15 is 0 Å². The maximum Gasteiger partial charge on any atom is 0.0780 e. The molecule has 0 unspecified atom stereocenters. The molecule has 1 heteroatoms. The first kappa shape index (κ1) is 25.9.